The highest BCUT2D eigenvalue weighted by Gasteiger charge is 2.42. The van der Waals surface area contributed by atoms with Gasteiger partial charge in [-0.2, -0.15) is 8.78 Å². The Bertz CT molecular complexity index is 1250. The third kappa shape index (κ3) is 6.10. The smallest absolute Gasteiger partial charge is 0.289 e. The molecule has 3 aliphatic rings. The first kappa shape index (κ1) is 32.1. The second-order valence-electron chi connectivity index (χ2n) is 11.5. The molecule has 0 unspecified atom stereocenters. The van der Waals surface area contributed by atoms with Gasteiger partial charge >= 0.3 is 0 Å². The standard InChI is InChI=1S/C28H36F2N6O2.2ClH/c1-5-8-28(29,30)24-10-23-21(12-33-24)27(3,4)17-36(23)25(37)16-34-13-18(2)32-11-19(34)14-35-15-22-20(26(35)38)7-6-9-31-22;;/h6-7,9-10,12,18-19,32H,5,8,11,13-17H2,1-4H3;2*1H/t18-,19-;;/m1../s1. The summed E-state index contributed by atoms with van der Waals surface area (Å²) in [5.41, 5.74) is 2.05. The molecule has 2 amide bonds. The number of nitrogens with one attached hydrogen (secondary N) is 1. The van der Waals surface area contributed by atoms with E-state index in [1.165, 1.54) is 12.3 Å². The van der Waals surface area contributed by atoms with E-state index >= 15 is 0 Å². The zero-order valence-electron chi connectivity index (χ0n) is 23.3. The van der Waals surface area contributed by atoms with Crippen molar-refractivity contribution in [1.29, 1.82) is 0 Å². The van der Waals surface area contributed by atoms with Gasteiger partial charge in [-0.3, -0.25) is 24.5 Å². The van der Waals surface area contributed by atoms with Crippen LogP contribution in [0.5, 0.6) is 0 Å². The molecule has 12 heteroatoms. The lowest BCUT2D eigenvalue weighted by molar-refractivity contribution is -0.120. The molecule has 0 aromatic carbocycles. The number of aromatic nitrogens is 2. The molecule has 5 heterocycles. The number of anilines is 1. The molecule has 0 aliphatic carbocycles. The minimum absolute atomic E-state index is 0. The number of hydrogen-bond donors (Lipinski definition) is 1. The molecule has 220 valence electrons. The zero-order chi connectivity index (χ0) is 27.2. The maximum Gasteiger partial charge on any atom is 0.289 e. The summed E-state index contributed by atoms with van der Waals surface area (Å²) in [6, 6.07) is 5.09. The van der Waals surface area contributed by atoms with Gasteiger partial charge in [-0.1, -0.05) is 27.2 Å². The number of hydrogen-bond acceptors (Lipinski definition) is 6. The number of pyridine rings is 2. The summed E-state index contributed by atoms with van der Waals surface area (Å²) in [4.78, 5) is 40.7. The van der Waals surface area contributed by atoms with E-state index in [1.54, 1.807) is 35.1 Å². The Labute approximate surface area is 246 Å². The van der Waals surface area contributed by atoms with Crippen LogP contribution < -0.4 is 10.2 Å². The van der Waals surface area contributed by atoms with E-state index in [4.69, 9.17) is 0 Å². The maximum absolute atomic E-state index is 14.7. The van der Waals surface area contributed by atoms with Crippen LogP contribution in [-0.4, -0.2) is 76.4 Å². The van der Waals surface area contributed by atoms with Gasteiger partial charge in [-0.25, -0.2) is 0 Å². The first-order valence-corrected chi connectivity index (χ1v) is 13.4. The summed E-state index contributed by atoms with van der Waals surface area (Å²) in [6.45, 7) is 10.6. The topological polar surface area (TPSA) is 81.7 Å². The molecule has 0 radical (unpaired) electrons. The van der Waals surface area contributed by atoms with Gasteiger partial charge in [0.15, 0.2) is 0 Å². The Morgan fingerprint density at radius 1 is 1.25 bits per heavy atom. The van der Waals surface area contributed by atoms with Crippen LogP contribution in [0.3, 0.4) is 0 Å². The van der Waals surface area contributed by atoms with Crippen molar-refractivity contribution in [2.75, 3.05) is 37.6 Å². The van der Waals surface area contributed by atoms with E-state index in [2.05, 4.69) is 27.1 Å². The monoisotopic (exact) mass is 598 g/mol. The molecule has 1 N–H and O–H groups in total. The van der Waals surface area contributed by atoms with Crippen molar-refractivity contribution in [3.05, 3.63) is 53.1 Å². The van der Waals surface area contributed by atoms with Crippen molar-refractivity contribution >= 4 is 42.3 Å². The lowest BCUT2D eigenvalue weighted by Crippen LogP contribution is -2.60. The van der Waals surface area contributed by atoms with Gasteiger partial charge in [0.25, 0.3) is 11.8 Å². The van der Waals surface area contributed by atoms with Crippen molar-refractivity contribution in [3.8, 4) is 0 Å². The number of rotatable bonds is 7. The molecular formula is C28H38Cl2F2N6O2. The Morgan fingerprint density at radius 3 is 2.70 bits per heavy atom. The van der Waals surface area contributed by atoms with E-state index in [9.17, 15) is 18.4 Å². The summed E-state index contributed by atoms with van der Waals surface area (Å²) in [5.74, 6) is -3.22. The molecule has 0 saturated carbocycles. The number of alkyl halides is 2. The van der Waals surface area contributed by atoms with Gasteiger partial charge in [-0.15, -0.1) is 24.8 Å². The fourth-order valence-electron chi connectivity index (χ4n) is 5.87. The number of fused-ring (bicyclic) bond motifs is 2. The predicted molar refractivity (Wildman–Crippen MR) is 155 cm³/mol. The van der Waals surface area contributed by atoms with Crippen LogP contribution in [0.15, 0.2) is 30.6 Å². The largest absolute Gasteiger partial charge is 0.331 e. The van der Waals surface area contributed by atoms with E-state index < -0.39 is 11.3 Å². The van der Waals surface area contributed by atoms with Crippen LogP contribution in [0.2, 0.25) is 0 Å². The first-order chi connectivity index (χ1) is 18.0. The quantitative estimate of drug-likeness (QED) is 0.515. The number of nitrogens with zero attached hydrogens (tertiary/aromatic N) is 5. The summed E-state index contributed by atoms with van der Waals surface area (Å²) in [6.07, 6.45) is 3.26. The zero-order valence-corrected chi connectivity index (χ0v) is 25.0. The van der Waals surface area contributed by atoms with Crippen LogP contribution in [0, 0.1) is 0 Å². The van der Waals surface area contributed by atoms with Crippen molar-refractivity contribution in [1.82, 2.24) is 25.1 Å². The molecule has 0 spiro atoms. The second-order valence-corrected chi connectivity index (χ2v) is 11.5. The normalized spacial score (nSPS) is 21.9. The van der Waals surface area contributed by atoms with Gasteiger partial charge < -0.3 is 15.1 Å². The predicted octanol–water partition coefficient (Wildman–Crippen LogP) is 4.15. The highest BCUT2D eigenvalue weighted by Crippen LogP contribution is 2.43. The maximum atomic E-state index is 14.7. The molecule has 0 bridgehead atoms. The average molecular weight is 600 g/mol. The summed E-state index contributed by atoms with van der Waals surface area (Å²) in [5, 5.41) is 3.47. The first-order valence-electron chi connectivity index (χ1n) is 13.4. The number of carbonyl (C=O) groups excluding carboxylic acids is 2. The van der Waals surface area contributed by atoms with Gasteiger partial charge in [0, 0.05) is 68.1 Å². The molecule has 40 heavy (non-hydrogen) atoms. The third-order valence-corrected chi connectivity index (χ3v) is 7.94. The van der Waals surface area contributed by atoms with Gasteiger partial charge in [0.2, 0.25) is 5.91 Å². The van der Waals surface area contributed by atoms with Gasteiger partial charge in [0.05, 0.1) is 30.0 Å². The van der Waals surface area contributed by atoms with Crippen molar-refractivity contribution in [2.24, 2.45) is 0 Å². The second kappa shape index (κ2) is 12.2. The molecule has 2 atom stereocenters. The molecule has 3 aliphatic heterocycles. The van der Waals surface area contributed by atoms with E-state index in [0.29, 0.717) is 50.4 Å². The Kier molecular flexibility index (Phi) is 9.82. The van der Waals surface area contributed by atoms with E-state index in [1.807, 2.05) is 13.8 Å². The molecule has 2 aromatic heterocycles. The fourth-order valence-corrected chi connectivity index (χ4v) is 5.87. The molecule has 5 rings (SSSR count). The van der Waals surface area contributed by atoms with Crippen molar-refractivity contribution in [3.63, 3.8) is 0 Å². The molecule has 1 fully saturated rings. The number of piperazine rings is 1. The lowest BCUT2D eigenvalue weighted by Gasteiger charge is -2.41. The van der Waals surface area contributed by atoms with Crippen molar-refractivity contribution in [2.45, 2.75) is 70.5 Å². The fraction of sp³-hybridized carbons (Fsp3) is 0.571. The van der Waals surface area contributed by atoms with Gasteiger partial charge in [0.1, 0.15) is 5.69 Å². The van der Waals surface area contributed by atoms with Crippen LogP contribution >= 0.6 is 24.8 Å². The van der Waals surface area contributed by atoms with Crippen LogP contribution in [0.25, 0.3) is 0 Å². The molecule has 1 saturated heterocycles. The van der Waals surface area contributed by atoms with Gasteiger partial charge in [-0.05, 0) is 25.1 Å². The number of halogens is 4. The SMILES string of the molecule is CCCC(F)(F)c1cc2c(cn1)C(C)(C)CN2C(=O)CN1C[C@@H](C)NC[C@@H]1CN1Cc2ncccc2C1=O.Cl.Cl. The Hall–Kier alpha value is -2.40. The highest BCUT2D eigenvalue weighted by molar-refractivity contribution is 5.98. The minimum atomic E-state index is -3.04. The molecule has 2 aromatic rings. The Balaban J connectivity index is 0.00000220. The van der Waals surface area contributed by atoms with Crippen LogP contribution in [0.1, 0.15) is 67.8 Å². The van der Waals surface area contributed by atoms with Crippen LogP contribution in [0.4, 0.5) is 14.5 Å². The van der Waals surface area contributed by atoms with E-state index in [0.717, 1.165) is 11.3 Å². The lowest BCUT2D eigenvalue weighted by atomic mass is 9.88. The summed E-state index contributed by atoms with van der Waals surface area (Å²) < 4.78 is 29.4. The summed E-state index contributed by atoms with van der Waals surface area (Å²) in [7, 11) is 0. The third-order valence-electron chi connectivity index (χ3n) is 7.94. The molecular weight excluding hydrogens is 561 g/mol. The number of amides is 2. The van der Waals surface area contributed by atoms with E-state index in [-0.39, 0.29) is 67.4 Å². The summed E-state index contributed by atoms with van der Waals surface area (Å²) >= 11 is 0. The minimum Gasteiger partial charge on any atom is -0.331 e. The average Bonchev–Trinajstić information content (AvgIpc) is 3.33. The van der Waals surface area contributed by atoms with Crippen LogP contribution in [-0.2, 0) is 22.7 Å². The highest BCUT2D eigenvalue weighted by atomic mass is 35.5. The number of carbonyl (C=O) groups is 2. The molecule has 8 nitrogen and oxygen atoms in total. The Morgan fingerprint density at radius 2 is 2.00 bits per heavy atom. The van der Waals surface area contributed by atoms with Crippen molar-refractivity contribution < 1.29 is 18.4 Å².